The summed E-state index contributed by atoms with van der Waals surface area (Å²) in [6.07, 6.45) is 5.40. The third kappa shape index (κ3) is 9.07. The molecule has 4 rings (SSSR count). The number of hydrazine groups is 1. The molecule has 46 heavy (non-hydrogen) atoms. The van der Waals surface area contributed by atoms with Gasteiger partial charge in [-0.2, -0.15) is 5.26 Å². The molecular formula is C33H33Cl2N9OS. The Morgan fingerprint density at radius 3 is 2.59 bits per heavy atom. The van der Waals surface area contributed by atoms with E-state index in [2.05, 4.69) is 45.7 Å². The second-order valence-electron chi connectivity index (χ2n) is 10.8. The molecule has 3 aromatic carbocycles. The van der Waals surface area contributed by atoms with Crippen LogP contribution in [0, 0.1) is 17.2 Å². The molecule has 10 nitrogen and oxygen atoms in total. The van der Waals surface area contributed by atoms with Crippen LogP contribution in [0.2, 0.25) is 10.0 Å². The van der Waals surface area contributed by atoms with Gasteiger partial charge >= 0.3 is 0 Å². The Morgan fingerprint density at radius 1 is 1.17 bits per heavy atom. The summed E-state index contributed by atoms with van der Waals surface area (Å²) >= 11 is 18.8. The van der Waals surface area contributed by atoms with Gasteiger partial charge in [-0.15, -0.1) is 0 Å². The van der Waals surface area contributed by atoms with E-state index in [4.69, 9.17) is 41.0 Å². The number of amides is 1. The van der Waals surface area contributed by atoms with Crippen molar-refractivity contribution in [3.8, 4) is 6.07 Å². The van der Waals surface area contributed by atoms with E-state index < -0.39 is 5.92 Å². The van der Waals surface area contributed by atoms with Crippen LogP contribution in [-0.4, -0.2) is 32.1 Å². The third-order valence-corrected chi connectivity index (χ3v) is 8.74. The number of azide groups is 1. The number of hydrogen-bond donors (Lipinski definition) is 2. The van der Waals surface area contributed by atoms with Crippen molar-refractivity contribution in [3.63, 3.8) is 0 Å². The highest BCUT2D eigenvalue weighted by molar-refractivity contribution is 7.80. The highest BCUT2D eigenvalue weighted by Crippen LogP contribution is 2.32. The van der Waals surface area contributed by atoms with Crippen molar-refractivity contribution >= 4 is 57.8 Å². The quantitative estimate of drug-likeness (QED) is 0.0480. The molecule has 13 heteroatoms. The highest BCUT2D eigenvalue weighted by Gasteiger charge is 2.32. The second kappa shape index (κ2) is 16.8. The van der Waals surface area contributed by atoms with Crippen molar-refractivity contribution < 1.29 is 4.79 Å². The van der Waals surface area contributed by atoms with Gasteiger partial charge in [0.2, 0.25) is 0 Å². The maximum Gasteiger partial charge on any atom is 0.252 e. The molecule has 1 heterocycles. The SMILES string of the molecule is CC[C@H](C)CCNN(C(=O)C(Cc1cccc(Cl)c1Cl)c1cncn1Cc1ccc(C#N)cc1)C(=S)Nc1ccc(N=[N+]=[N-])cc1. The Labute approximate surface area is 283 Å². The lowest BCUT2D eigenvalue weighted by Gasteiger charge is -2.29. The molecule has 0 spiro atoms. The fraction of sp³-hybridized carbons (Fsp3) is 0.273. The lowest BCUT2D eigenvalue weighted by atomic mass is 9.95. The summed E-state index contributed by atoms with van der Waals surface area (Å²) < 4.78 is 1.91. The molecule has 1 amide bonds. The van der Waals surface area contributed by atoms with E-state index in [0.717, 1.165) is 18.4 Å². The molecule has 0 saturated heterocycles. The maximum absolute atomic E-state index is 14.7. The van der Waals surface area contributed by atoms with Crippen LogP contribution in [0.3, 0.4) is 0 Å². The molecule has 2 atom stereocenters. The first-order valence-corrected chi connectivity index (χ1v) is 15.9. The number of imidazole rings is 1. The Morgan fingerprint density at radius 2 is 1.91 bits per heavy atom. The molecule has 2 N–H and O–H groups in total. The van der Waals surface area contributed by atoms with Crippen LogP contribution in [0.5, 0.6) is 0 Å². The van der Waals surface area contributed by atoms with E-state index in [1.54, 1.807) is 61.1 Å². The number of nitriles is 1. The molecule has 0 fully saturated rings. The van der Waals surface area contributed by atoms with Gasteiger partial charge in [0, 0.05) is 35.6 Å². The average Bonchev–Trinajstić information content (AvgIpc) is 3.52. The number of halogens is 2. The number of hydrogen-bond acceptors (Lipinski definition) is 6. The first-order valence-electron chi connectivity index (χ1n) is 14.7. The van der Waals surface area contributed by atoms with Gasteiger partial charge < -0.3 is 9.88 Å². The number of nitrogens with zero attached hydrogens (tertiary/aromatic N) is 7. The standard InChI is InChI=1S/C33H33Cl2N9OS/c1-3-22(2)15-16-39-44(33(46)40-26-11-13-27(14-12-26)41-42-37)32(45)28(17-25-5-4-6-29(34)31(25)35)30-19-38-21-43(30)20-24-9-7-23(18-36)8-10-24/h4-14,19,21-22,28,39H,3,15-17,20H2,1-2H3,(H,40,46)/t22-,28?/m0/s1. The van der Waals surface area contributed by atoms with Gasteiger partial charge in [-0.3, -0.25) is 4.79 Å². The number of carbonyl (C=O) groups is 1. The van der Waals surface area contributed by atoms with E-state index >= 15 is 0 Å². The van der Waals surface area contributed by atoms with Crippen LogP contribution in [0.25, 0.3) is 10.4 Å². The minimum Gasteiger partial charge on any atom is -0.331 e. The monoisotopic (exact) mass is 673 g/mol. The van der Waals surface area contributed by atoms with Crippen molar-refractivity contribution in [2.24, 2.45) is 11.0 Å². The van der Waals surface area contributed by atoms with Crippen molar-refractivity contribution in [2.45, 2.75) is 45.6 Å². The van der Waals surface area contributed by atoms with E-state index in [1.165, 1.54) is 5.01 Å². The number of aromatic nitrogens is 2. The van der Waals surface area contributed by atoms with Crippen LogP contribution in [-0.2, 0) is 17.8 Å². The first-order chi connectivity index (χ1) is 22.2. The molecule has 1 unspecified atom stereocenters. The van der Waals surface area contributed by atoms with Crippen molar-refractivity contribution in [1.29, 1.82) is 5.26 Å². The zero-order chi connectivity index (χ0) is 33.1. The smallest absolute Gasteiger partial charge is 0.252 e. The summed E-state index contributed by atoms with van der Waals surface area (Å²) in [5, 5.41) is 18.2. The van der Waals surface area contributed by atoms with Crippen LogP contribution in [0.4, 0.5) is 11.4 Å². The van der Waals surface area contributed by atoms with Crippen LogP contribution >= 0.6 is 35.4 Å². The zero-order valence-electron chi connectivity index (χ0n) is 25.4. The van der Waals surface area contributed by atoms with Crippen molar-refractivity contribution in [1.82, 2.24) is 20.0 Å². The Bertz CT molecular complexity index is 1750. The van der Waals surface area contributed by atoms with Gasteiger partial charge in [0.1, 0.15) is 0 Å². The summed E-state index contributed by atoms with van der Waals surface area (Å²) in [4.78, 5) is 21.9. The molecule has 0 aliphatic rings. The molecule has 4 aromatic rings. The number of benzene rings is 3. The summed E-state index contributed by atoms with van der Waals surface area (Å²) in [5.41, 5.74) is 15.9. The van der Waals surface area contributed by atoms with E-state index in [0.29, 0.717) is 57.2 Å². The summed E-state index contributed by atoms with van der Waals surface area (Å²) in [7, 11) is 0. The Balaban J connectivity index is 1.71. The van der Waals surface area contributed by atoms with Gasteiger partial charge in [0.15, 0.2) is 5.11 Å². The van der Waals surface area contributed by atoms with Crippen LogP contribution in [0.15, 0.2) is 84.4 Å². The highest BCUT2D eigenvalue weighted by atomic mass is 35.5. The first kappa shape index (κ1) is 34.4. The topological polar surface area (TPSA) is 135 Å². The number of thiocarbonyl (C=S) groups is 1. The summed E-state index contributed by atoms with van der Waals surface area (Å²) in [6.45, 7) is 5.21. The second-order valence-corrected chi connectivity index (χ2v) is 11.9. The lowest BCUT2D eigenvalue weighted by molar-refractivity contribution is -0.131. The fourth-order valence-corrected chi connectivity index (χ4v) is 5.42. The average molecular weight is 675 g/mol. The minimum absolute atomic E-state index is 0.144. The minimum atomic E-state index is -0.764. The fourth-order valence-electron chi connectivity index (χ4n) is 4.75. The van der Waals surface area contributed by atoms with Gasteiger partial charge in [0.25, 0.3) is 5.91 Å². The molecular weight excluding hydrogens is 641 g/mol. The number of nitrogens with one attached hydrogen (secondary N) is 2. The van der Waals surface area contributed by atoms with Crippen molar-refractivity contribution in [3.05, 3.63) is 122 Å². The predicted octanol–water partition coefficient (Wildman–Crippen LogP) is 8.54. The van der Waals surface area contributed by atoms with Gasteiger partial charge in [-0.05, 0) is 78.0 Å². The summed E-state index contributed by atoms with van der Waals surface area (Å²) in [6, 6.07) is 21.5. The number of rotatable bonds is 13. The molecule has 0 aliphatic carbocycles. The number of carbonyl (C=O) groups excluding carboxylic acids is 1. The van der Waals surface area contributed by atoms with Crippen LogP contribution < -0.4 is 10.7 Å². The molecule has 1 aromatic heterocycles. The van der Waals surface area contributed by atoms with E-state index in [1.807, 2.05) is 22.8 Å². The lowest BCUT2D eigenvalue weighted by Crippen LogP contribution is -2.51. The van der Waals surface area contributed by atoms with Gasteiger partial charge in [-0.25, -0.2) is 15.4 Å². The number of anilines is 1. The molecule has 0 aliphatic heterocycles. The molecule has 0 saturated carbocycles. The normalized spacial score (nSPS) is 12.0. The molecule has 0 bridgehead atoms. The van der Waals surface area contributed by atoms with E-state index in [-0.39, 0.29) is 17.4 Å². The Hall–Kier alpha value is -4.43. The predicted molar refractivity (Wildman–Crippen MR) is 186 cm³/mol. The van der Waals surface area contributed by atoms with Crippen molar-refractivity contribution in [2.75, 3.05) is 11.9 Å². The largest absolute Gasteiger partial charge is 0.331 e. The summed E-state index contributed by atoms with van der Waals surface area (Å²) in [5.74, 6) is -0.640. The van der Waals surface area contributed by atoms with Crippen LogP contribution in [0.1, 0.15) is 55.0 Å². The molecule has 0 radical (unpaired) electrons. The van der Waals surface area contributed by atoms with Gasteiger partial charge in [0.05, 0.1) is 39.6 Å². The third-order valence-electron chi connectivity index (χ3n) is 7.60. The van der Waals surface area contributed by atoms with Gasteiger partial charge in [-0.1, -0.05) is 85.0 Å². The van der Waals surface area contributed by atoms with E-state index in [9.17, 15) is 10.1 Å². The maximum atomic E-state index is 14.7. The Kier molecular flexibility index (Phi) is 12.5. The molecule has 236 valence electrons. The zero-order valence-corrected chi connectivity index (χ0v) is 27.7.